The molecule has 0 spiro atoms. The number of ether oxygens (including phenoxy) is 1. The van der Waals surface area contributed by atoms with Gasteiger partial charge >= 0.3 is 0 Å². The van der Waals surface area contributed by atoms with Crippen molar-refractivity contribution < 1.29 is 19.0 Å². The second-order valence-corrected chi connectivity index (χ2v) is 8.74. The molecule has 2 atom stereocenters. The van der Waals surface area contributed by atoms with E-state index in [1.54, 1.807) is 17.0 Å². The summed E-state index contributed by atoms with van der Waals surface area (Å²) < 4.78 is 21.5. The molecule has 6 nitrogen and oxygen atoms in total. The van der Waals surface area contributed by atoms with Crippen LogP contribution < -0.4 is 9.64 Å². The summed E-state index contributed by atoms with van der Waals surface area (Å²) in [7, 11) is 0. The van der Waals surface area contributed by atoms with E-state index >= 15 is 0 Å². The number of imidazole rings is 1. The van der Waals surface area contributed by atoms with Gasteiger partial charge in [-0.2, -0.15) is 0 Å². The minimum absolute atomic E-state index is 0.0717. The highest BCUT2D eigenvalue weighted by Crippen LogP contribution is 2.33. The number of carbonyl (C=O) groups excluding carboxylic acids is 1. The van der Waals surface area contributed by atoms with Crippen LogP contribution in [0, 0.1) is 12.7 Å². The lowest BCUT2D eigenvalue weighted by Gasteiger charge is -2.19. The van der Waals surface area contributed by atoms with Crippen LogP contribution in [0.25, 0.3) is 11.0 Å². The second-order valence-electron chi connectivity index (χ2n) is 8.74. The topological polar surface area (TPSA) is 67.6 Å². The van der Waals surface area contributed by atoms with Gasteiger partial charge in [-0.25, -0.2) is 9.37 Å². The predicted octanol–water partition coefficient (Wildman–Crippen LogP) is 4.44. The van der Waals surface area contributed by atoms with Crippen LogP contribution in [0.3, 0.4) is 0 Å². The van der Waals surface area contributed by atoms with Crippen molar-refractivity contribution >= 4 is 22.6 Å². The van der Waals surface area contributed by atoms with E-state index in [-0.39, 0.29) is 37.2 Å². The Balaban J connectivity index is 1.38. The Morgan fingerprint density at radius 1 is 1.12 bits per heavy atom. The van der Waals surface area contributed by atoms with Gasteiger partial charge in [-0.15, -0.1) is 0 Å². The van der Waals surface area contributed by atoms with Gasteiger partial charge < -0.3 is 19.3 Å². The summed E-state index contributed by atoms with van der Waals surface area (Å²) in [4.78, 5) is 19.2. The molecule has 0 radical (unpaired) electrons. The van der Waals surface area contributed by atoms with Crippen LogP contribution in [0.1, 0.15) is 23.7 Å². The Labute approximate surface area is 197 Å². The molecule has 5 rings (SSSR count). The fourth-order valence-electron chi connectivity index (χ4n) is 4.53. The van der Waals surface area contributed by atoms with Gasteiger partial charge in [0, 0.05) is 24.6 Å². The van der Waals surface area contributed by atoms with Crippen LogP contribution in [-0.4, -0.2) is 39.8 Å². The van der Waals surface area contributed by atoms with Gasteiger partial charge in [0.2, 0.25) is 5.91 Å². The number of aliphatic hydroxyl groups excluding tert-OH is 1. The van der Waals surface area contributed by atoms with Gasteiger partial charge in [0.25, 0.3) is 0 Å². The Morgan fingerprint density at radius 3 is 2.76 bits per heavy atom. The summed E-state index contributed by atoms with van der Waals surface area (Å²) in [5, 5.41) is 10.8. The molecular weight excluding hydrogens is 433 g/mol. The first-order chi connectivity index (χ1) is 16.5. The highest BCUT2D eigenvalue weighted by Gasteiger charge is 2.35. The van der Waals surface area contributed by atoms with E-state index in [9.17, 15) is 14.3 Å². The van der Waals surface area contributed by atoms with Gasteiger partial charge in [-0.05, 0) is 55.0 Å². The molecule has 0 aliphatic carbocycles. The summed E-state index contributed by atoms with van der Waals surface area (Å²) in [6.07, 6.45) is -0.497. The van der Waals surface area contributed by atoms with Crippen LogP contribution in [0.5, 0.6) is 5.75 Å². The molecule has 0 unspecified atom stereocenters. The molecule has 1 aliphatic rings. The average molecular weight is 460 g/mol. The number of halogens is 1. The zero-order valence-corrected chi connectivity index (χ0v) is 18.9. The lowest BCUT2D eigenvalue weighted by molar-refractivity contribution is -0.117. The Bertz CT molecular complexity index is 1340. The smallest absolute Gasteiger partial charge is 0.227 e. The largest absolute Gasteiger partial charge is 0.491 e. The quantitative estimate of drug-likeness (QED) is 0.444. The van der Waals surface area contributed by atoms with Crippen LogP contribution >= 0.6 is 0 Å². The Hall–Kier alpha value is -3.71. The third-order valence-electron chi connectivity index (χ3n) is 6.12. The lowest BCUT2D eigenvalue weighted by Crippen LogP contribution is -2.26. The number of aliphatic hydroxyl groups is 1. The molecule has 1 amide bonds. The molecule has 174 valence electrons. The SMILES string of the molecule is Cc1cccc(OC[C@@H](O)Cn2c([C@@H]3CC(=O)N(c4cccc(F)c4)C3)nc3ccccc32)c1. The van der Waals surface area contributed by atoms with Crippen molar-refractivity contribution in [1.82, 2.24) is 9.55 Å². The Morgan fingerprint density at radius 2 is 1.94 bits per heavy atom. The second kappa shape index (κ2) is 9.27. The molecule has 3 aromatic carbocycles. The zero-order chi connectivity index (χ0) is 23.7. The molecule has 1 saturated heterocycles. The number of aryl methyl sites for hydroxylation is 1. The first-order valence-corrected chi connectivity index (χ1v) is 11.4. The Kier molecular flexibility index (Phi) is 6.02. The molecule has 7 heteroatoms. The normalized spacial score (nSPS) is 16.9. The number of anilines is 1. The number of fused-ring (bicyclic) bond motifs is 1. The zero-order valence-electron chi connectivity index (χ0n) is 18.9. The van der Waals surface area contributed by atoms with Crippen molar-refractivity contribution in [3.05, 3.63) is 90.0 Å². The number of para-hydroxylation sites is 2. The molecule has 1 fully saturated rings. The summed E-state index contributed by atoms with van der Waals surface area (Å²) >= 11 is 0. The number of hydrogen-bond donors (Lipinski definition) is 1. The monoisotopic (exact) mass is 459 g/mol. The van der Waals surface area contributed by atoms with Crippen LogP contribution in [-0.2, 0) is 11.3 Å². The number of amides is 1. The number of rotatable bonds is 7. The first-order valence-electron chi connectivity index (χ1n) is 11.4. The molecule has 1 aliphatic heterocycles. The van der Waals surface area contributed by atoms with E-state index < -0.39 is 6.10 Å². The number of benzene rings is 3. The van der Waals surface area contributed by atoms with Crippen molar-refractivity contribution in [2.45, 2.75) is 31.9 Å². The number of nitrogens with zero attached hydrogens (tertiary/aromatic N) is 3. The fourth-order valence-corrected chi connectivity index (χ4v) is 4.53. The van der Waals surface area contributed by atoms with E-state index in [4.69, 9.17) is 9.72 Å². The van der Waals surface area contributed by atoms with E-state index in [2.05, 4.69) is 0 Å². The van der Waals surface area contributed by atoms with Crippen molar-refractivity contribution in [2.24, 2.45) is 0 Å². The number of hydrogen-bond acceptors (Lipinski definition) is 4. The van der Waals surface area contributed by atoms with Gasteiger partial charge in [0.1, 0.15) is 30.1 Å². The highest BCUT2D eigenvalue weighted by molar-refractivity contribution is 5.96. The molecular formula is C27H26FN3O3. The molecule has 34 heavy (non-hydrogen) atoms. The average Bonchev–Trinajstić information content (AvgIpc) is 3.38. The molecule has 0 bridgehead atoms. The summed E-state index contributed by atoms with van der Waals surface area (Å²) in [5.74, 6) is 0.827. The molecule has 1 N–H and O–H groups in total. The maximum Gasteiger partial charge on any atom is 0.227 e. The van der Waals surface area contributed by atoms with Gasteiger partial charge in [0.15, 0.2) is 0 Å². The summed E-state index contributed by atoms with van der Waals surface area (Å²) in [6.45, 7) is 2.81. The van der Waals surface area contributed by atoms with Crippen molar-refractivity contribution in [3.63, 3.8) is 0 Å². The summed E-state index contributed by atoms with van der Waals surface area (Å²) in [6, 6.07) is 21.5. The predicted molar refractivity (Wildman–Crippen MR) is 129 cm³/mol. The third-order valence-corrected chi connectivity index (χ3v) is 6.12. The highest BCUT2D eigenvalue weighted by atomic mass is 19.1. The maximum atomic E-state index is 13.7. The van der Waals surface area contributed by atoms with Crippen molar-refractivity contribution in [2.75, 3.05) is 18.1 Å². The van der Waals surface area contributed by atoms with Crippen LogP contribution in [0.15, 0.2) is 72.8 Å². The summed E-state index contributed by atoms with van der Waals surface area (Å²) in [5.41, 5.74) is 3.33. The third kappa shape index (κ3) is 4.52. The first kappa shape index (κ1) is 22.1. The van der Waals surface area contributed by atoms with E-state index in [0.29, 0.717) is 18.0 Å². The minimum Gasteiger partial charge on any atom is -0.491 e. The van der Waals surface area contributed by atoms with E-state index in [1.165, 1.54) is 12.1 Å². The number of carbonyl (C=O) groups is 1. The molecule has 4 aromatic rings. The van der Waals surface area contributed by atoms with E-state index in [0.717, 1.165) is 22.4 Å². The molecule has 0 saturated carbocycles. The van der Waals surface area contributed by atoms with E-state index in [1.807, 2.05) is 60.0 Å². The van der Waals surface area contributed by atoms with Crippen molar-refractivity contribution in [3.8, 4) is 5.75 Å². The molecule has 2 heterocycles. The van der Waals surface area contributed by atoms with Gasteiger partial charge in [0.05, 0.1) is 17.6 Å². The van der Waals surface area contributed by atoms with Gasteiger partial charge in [-0.3, -0.25) is 4.79 Å². The fraction of sp³-hybridized carbons (Fsp3) is 0.259. The van der Waals surface area contributed by atoms with Crippen molar-refractivity contribution in [1.29, 1.82) is 0 Å². The van der Waals surface area contributed by atoms with Gasteiger partial charge in [-0.1, -0.05) is 30.3 Å². The minimum atomic E-state index is -0.770. The van der Waals surface area contributed by atoms with Crippen LogP contribution in [0.4, 0.5) is 10.1 Å². The number of aromatic nitrogens is 2. The maximum absolute atomic E-state index is 13.7. The molecule has 1 aromatic heterocycles. The van der Waals surface area contributed by atoms with Crippen LogP contribution in [0.2, 0.25) is 0 Å². The standard InChI is InChI=1S/C27H26FN3O3/c1-18-6-4-9-23(12-18)34-17-22(32)16-31-25-11-3-2-10-24(25)29-27(31)19-13-26(33)30(15-19)21-8-5-7-20(28)14-21/h2-12,14,19,22,32H,13,15-17H2,1H3/t19-,22+/m1/s1. The lowest BCUT2D eigenvalue weighted by atomic mass is 10.1.